The van der Waals surface area contributed by atoms with Crippen LogP contribution >= 0.6 is 0 Å². The minimum absolute atomic E-state index is 0.207. The standard InChI is InChI=1S/C16H18FN/c1-2-3-12-4-7-14(8-5-12)15-9-6-13(11-18)10-16(15)17/h4-10H,2-3,11,18H2,1H3. The lowest BCUT2D eigenvalue weighted by Gasteiger charge is -2.06. The normalized spacial score (nSPS) is 10.6. The van der Waals surface area contributed by atoms with Gasteiger partial charge in [-0.25, -0.2) is 4.39 Å². The van der Waals surface area contributed by atoms with Gasteiger partial charge in [0.15, 0.2) is 0 Å². The molecule has 0 unspecified atom stereocenters. The van der Waals surface area contributed by atoms with Gasteiger partial charge in [0.05, 0.1) is 0 Å². The molecule has 2 N–H and O–H groups in total. The van der Waals surface area contributed by atoms with Crippen molar-refractivity contribution in [1.82, 2.24) is 0 Å². The molecule has 2 aromatic rings. The number of hydrogen-bond acceptors (Lipinski definition) is 1. The van der Waals surface area contributed by atoms with Crippen LogP contribution < -0.4 is 5.73 Å². The maximum absolute atomic E-state index is 13.9. The summed E-state index contributed by atoms with van der Waals surface area (Å²) in [7, 11) is 0. The van der Waals surface area contributed by atoms with Crippen molar-refractivity contribution >= 4 is 0 Å². The topological polar surface area (TPSA) is 26.0 Å². The summed E-state index contributed by atoms with van der Waals surface area (Å²) < 4.78 is 13.9. The van der Waals surface area contributed by atoms with Gasteiger partial charge in [0.1, 0.15) is 5.82 Å². The average Bonchev–Trinajstić information content (AvgIpc) is 2.40. The molecule has 0 radical (unpaired) electrons. The van der Waals surface area contributed by atoms with Crippen LogP contribution in [0.1, 0.15) is 24.5 Å². The fourth-order valence-electron chi connectivity index (χ4n) is 2.06. The van der Waals surface area contributed by atoms with Gasteiger partial charge in [0.2, 0.25) is 0 Å². The zero-order valence-corrected chi connectivity index (χ0v) is 10.6. The molecular formula is C16H18FN. The molecule has 0 bridgehead atoms. The molecule has 2 heteroatoms. The van der Waals surface area contributed by atoms with Crippen LogP contribution in [-0.4, -0.2) is 0 Å². The first-order valence-electron chi connectivity index (χ1n) is 6.32. The van der Waals surface area contributed by atoms with Crippen LogP contribution in [0, 0.1) is 5.82 Å². The second-order valence-corrected chi connectivity index (χ2v) is 4.47. The molecule has 18 heavy (non-hydrogen) atoms. The van der Waals surface area contributed by atoms with E-state index in [1.54, 1.807) is 6.07 Å². The molecule has 0 saturated carbocycles. The number of halogens is 1. The van der Waals surface area contributed by atoms with Crippen LogP contribution in [0.3, 0.4) is 0 Å². The molecule has 1 nitrogen and oxygen atoms in total. The Hall–Kier alpha value is -1.67. The Balaban J connectivity index is 2.30. The van der Waals surface area contributed by atoms with E-state index in [1.807, 2.05) is 18.2 Å². The maximum atomic E-state index is 13.9. The minimum atomic E-state index is -0.207. The first-order chi connectivity index (χ1) is 8.74. The summed E-state index contributed by atoms with van der Waals surface area (Å²) in [5.41, 5.74) is 9.15. The quantitative estimate of drug-likeness (QED) is 0.865. The largest absolute Gasteiger partial charge is 0.326 e. The Morgan fingerprint density at radius 3 is 2.22 bits per heavy atom. The zero-order valence-electron chi connectivity index (χ0n) is 10.6. The highest BCUT2D eigenvalue weighted by Crippen LogP contribution is 2.24. The third-order valence-corrected chi connectivity index (χ3v) is 3.07. The van der Waals surface area contributed by atoms with Crippen molar-refractivity contribution < 1.29 is 4.39 Å². The second kappa shape index (κ2) is 5.78. The number of nitrogens with two attached hydrogens (primary N) is 1. The van der Waals surface area contributed by atoms with Crippen molar-refractivity contribution in [3.8, 4) is 11.1 Å². The summed E-state index contributed by atoms with van der Waals surface area (Å²) in [4.78, 5) is 0. The van der Waals surface area contributed by atoms with Crippen molar-refractivity contribution in [3.05, 3.63) is 59.4 Å². The summed E-state index contributed by atoms with van der Waals surface area (Å²) in [6, 6.07) is 13.3. The van der Waals surface area contributed by atoms with Crippen LogP contribution in [-0.2, 0) is 13.0 Å². The summed E-state index contributed by atoms with van der Waals surface area (Å²) >= 11 is 0. The highest BCUT2D eigenvalue weighted by atomic mass is 19.1. The van der Waals surface area contributed by atoms with E-state index in [0.29, 0.717) is 12.1 Å². The monoisotopic (exact) mass is 243 g/mol. The van der Waals surface area contributed by atoms with E-state index in [9.17, 15) is 4.39 Å². The third-order valence-electron chi connectivity index (χ3n) is 3.07. The Morgan fingerprint density at radius 1 is 1.00 bits per heavy atom. The van der Waals surface area contributed by atoms with E-state index < -0.39 is 0 Å². The first-order valence-corrected chi connectivity index (χ1v) is 6.32. The fourth-order valence-corrected chi connectivity index (χ4v) is 2.06. The van der Waals surface area contributed by atoms with Gasteiger partial charge >= 0.3 is 0 Å². The molecule has 0 heterocycles. The summed E-state index contributed by atoms with van der Waals surface area (Å²) in [6.07, 6.45) is 2.19. The lowest BCUT2D eigenvalue weighted by molar-refractivity contribution is 0.629. The fraction of sp³-hybridized carbons (Fsp3) is 0.250. The molecule has 2 aromatic carbocycles. The van der Waals surface area contributed by atoms with Gasteiger partial charge in [-0.05, 0) is 29.2 Å². The Morgan fingerprint density at radius 2 is 1.67 bits per heavy atom. The molecule has 0 aliphatic heterocycles. The van der Waals surface area contributed by atoms with Crippen molar-refractivity contribution in [2.45, 2.75) is 26.3 Å². The van der Waals surface area contributed by atoms with Gasteiger partial charge in [0.25, 0.3) is 0 Å². The number of benzene rings is 2. The smallest absolute Gasteiger partial charge is 0.131 e. The number of rotatable bonds is 4. The van der Waals surface area contributed by atoms with Crippen molar-refractivity contribution in [2.24, 2.45) is 5.73 Å². The van der Waals surface area contributed by atoms with Crippen LogP contribution in [0.15, 0.2) is 42.5 Å². The predicted octanol–water partition coefficient (Wildman–Crippen LogP) is 3.90. The molecule has 0 aliphatic carbocycles. The molecule has 0 aromatic heterocycles. The van der Waals surface area contributed by atoms with Crippen LogP contribution in [0.25, 0.3) is 11.1 Å². The Bertz CT molecular complexity index is 517. The molecule has 0 atom stereocenters. The first kappa shape index (κ1) is 12.8. The van der Waals surface area contributed by atoms with Crippen LogP contribution in [0.2, 0.25) is 0 Å². The van der Waals surface area contributed by atoms with Gasteiger partial charge in [-0.1, -0.05) is 49.7 Å². The molecule has 0 fully saturated rings. The van der Waals surface area contributed by atoms with Gasteiger partial charge < -0.3 is 5.73 Å². The number of aryl methyl sites for hydroxylation is 1. The lowest BCUT2D eigenvalue weighted by atomic mass is 10.0. The maximum Gasteiger partial charge on any atom is 0.131 e. The number of hydrogen-bond donors (Lipinski definition) is 1. The minimum Gasteiger partial charge on any atom is -0.326 e. The van der Waals surface area contributed by atoms with Gasteiger partial charge in [-0.3, -0.25) is 0 Å². The zero-order chi connectivity index (χ0) is 13.0. The molecule has 94 valence electrons. The van der Waals surface area contributed by atoms with Gasteiger partial charge in [-0.15, -0.1) is 0 Å². The van der Waals surface area contributed by atoms with E-state index >= 15 is 0 Å². The van der Waals surface area contributed by atoms with E-state index in [0.717, 1.165) is 24.0 Å². The Labute approximate surface area is 107 Å². The van der Waals surface area contributed by atoms with Crippen LogP contribution in [0.5, 0.6) is 0 Å². The summed E-state index contributed by atoms with van der Waals surface area (Å²) in [6.45, 7) is 2.52. The summed E-state index contributed by atoms with van der Waals surface area (Å²) in [5.74, 6) is -0.207. The van der Waals surface area contributed by atoms with Crippen molar-refractivity contribution in [1.29, 1.82) is 0 Å². The SMILES string of the molecule is CCCc1ccc(-c2ccc(CN)cc2F)cc1. The highest BCUT2D eigenvalue weighted by molar-refractivity contribution is 5.64. The summed E-state index contributed by atoms with van der Waals surface area (Å²) in [5, 5.41) is 0. The van der Waals surface area contributed by atoms with E-state index in [4.69, 9.17) is 5.73 Å². The predicted molar refractivity (Wildman–Crippen MR) is 73.7 cm³/mol. The van der Waals surface area contributed by atoms with Gasteiger partial charge in [0, 0.05) is 12.1 Å². The van der Waals surface area contributed by atoms with Crippen LogP contribution in [0.4, 0.5) is 4.39 Å². The van der Waals surface area contributed by atoms with Crippen molar-refractivity contribution in [2.75, 3.05) is 0 Å². The van der Waals surface area contributed by atoms with E-state index in [-0.39, 0.29) is 5.82 Å². The molecule has 2 rings (SSSR count). The highest BCUT2D eigenvalue weighted by Gasteiger charge is 2.05. The van der Waals surface area contributed by atoms with E-state index in [1.165, 1.54) is 11.6 Å². The second-order valence-electron chi connectivity index (χ2n) is 4.47. The third kappa shape index (κ3) is 2.77. The van der Waals surface area contributed by atoms with E-state index in [2.05, 4.69) is 19.1 Å². The lowest BCUT2D eigenvalue weighted by Crippen LogP contribution is -1.97. The molecule has 0 saturated heterocycles. The molecule has 0 aliphatic rings. The average molecular weight is 243 g/mol. The molecular weight excluding hydrogens is 225 g/mol. The molecule has 0 amide bonds. The molecule has 0 spiro atoms. The Kier molecular flexibility index (Phi) is 4.11. The van der Waals surface area contributed by atoms with Crippen molar-refractivity contribution in [3.63, 3.8) is 0 Å². The van der Waals surface area contributed by atoms with Gasteiger partial charge in [-0.2, -0.15) is 0 Å².